The molecule has 2 fully saturated rings. The van der Waals surface area contributed by atoms with Crippen molar-refractivity contribution < 1.29 is 41.4 Å². The van der Waals surface area contributed by atoms with E-state index in [4.69, 9.17) is 13.8 Å². The second-order valence-electron chi connectivity index (χ2n) is 9.22. The van der Waals surface area contributed by atoms with Gasteiger partial charge in [0.25, 0.3) is 10.1 Å². The number of hydrogen-bond donors (Lipinski definition) is 1. The van der Waals surface area contributed by atoms with Crippen LogP contribution in [0.5, 0.6) is 0 Å². The number of esters is 2. The van der Waals surface area contributed by atoms with Gasteiger partial charge in [0.1, 0.15) is 6.04 Å². The number of nitrogens with zero attached hydrogens (tertiary/aromatic N) is 2. The average molecular weight is 528 g/mol. The van der Waals surface area contributed by atoms with E-state index in [0.29, 0.717) is 12.8 Å². The molecule has 2 saturated heterocycles. The third-order valence-electron chi connectivity index (χ3n) is 7.03. The molecule has 36 heavy (non-hydrogen) atoms. The van der Waals surface area contributed by atoms with Gasteiger partial charge in [-0.1, -0.05) is 45.1 Å². The SMILES string of the molecule is CCC(=O)OCNC(=O)[C@@H]1CC[C@@H]2CN1C(=O)N2OS(=O)(=O)CC(C)C1(C(=O)OC)C=CC=CC1C. The first-order valence-electron chi connectivity index (χ1n) is 11.9. The van der Waals surface area contributed by atoms with E-state index in [-0.39, 0.29) is 25.6 Å². The fourth-order valence-electron chi connectivity index (χ4n) is 5.01. The van der Waals surface area contributed by atoms with Crippen molar-refractivity contribution in [2.24, 2.45) is 17.3 Å². The lowest BCUT2D eigenvalue weighted by Crippen LogP contribution is -2.50. The van der Waals surface area contributed by atoms with Crippen LogP contribution >= 0.6 is 0 Å². The van der Waals surface area contributed by atoms with Crippen molar-refractivity contribution in [2.75, 3.05) is 26.1 Å². The van der Waals surface area contributed by atoms with E-state index in [0.717, 1.165) is 5.06 Å². The fourth-order valence-corrected chi connectivity index (χ4v) is 6.39. The number of rotatable bonds is 10. The molecule has 0 radical (unpaired) electrons. The molecule has 200 valence electrons. The van der Waals surface area contributed by atoms with Crippen molar-refractivity contribution in [3.8, 4) is 0 Å². The molecule has 2 aliphatic heterocycles. The number of hydrogen-bond acceptors (Lipinski definition) is 9. The minimum atomic E-state index is -4.30. The van der Waals surface area contributed by atoms with Crippen molar-refractivity contribution in [1.29, 1.82) is 0 Å². The minimum absolute atomic E-state index is 0.118. The Morgan fingerprint density at radius 3 is 2.61 bits per heavy atom. The maximum Gasteiger partial charge on any atom is 0.346 e. The number of nitrogens with one attached hydrogen (secondary N) is 1. The summed E-state index contributed by atoms with van der Waals surface area (Å²) >= 11 is 0. The van der Waals surface area contributed by atoms with Gasteiger partial charge in [-0.3, -0.25) is 14.4 Å². The Balaban J connectivity index is 1.67. The largest absolute Gasteiger partial charge is 0.468 e. The van der Waals surface area contributed by atoms with Crippen LogP contribution in [0, 0.1) is 17.3 Å². The van der Waals surface area contributed by atoms with Gasteiger partial charge in [0.05, 0.1) is 24.3 Å². The molecule has 0 saturated carbocycles. The van der Waals surface area contributed by atoms with Crippen molar-refractivity contribution in [3.63, 3.8) is 0 Å². The number of piperidine rings is 1. The molecular formula is C23H33N3O9S. The van der Waals surface area contributed by atoms with Crippen LogP contribution < -0.4 is 5.32 Å². The molecule has 3 amide bonds. The standard InChI is InChI=1S/C23H33N3O9S/c1-5-19(27)34-14-24-20(28)18-10-9-17-12-25(18)22(30)26(17)35-36(31,32)13-16(3)23(21(29)33-4)11-7-6-8-15(23)2/h6-8,11,15-18H,5,9-10,12-14H2,1-4H3,(H,24,28)/t15?,16?,17-,18+,23?/m1/s1. The number of fused-ring (bicyclic) bond motifs is 2. The Morgan fingerprint density at radius 1 is 1.25 bits per heavy atom. The smallest absolute Gasteiger partial charge is 0.346 e. The summed E-state index contributed by atoms with van der Waals surface area (Å²) in [5.41, 5.74) is -1.21. The summed E-state index contributed by atoms with van der Waals surface area (Å²) in [7, 11) is -3.05. The van der Waals surface area contributed by atoms with E-state index in [9.17, 15) is 27.6 Å². The summed E-state index contributed by atoms with van der Waals surface area (Å²) in [6, 6.07) is -2.13. The highest BCUT2D eigenvalue weighted by molar-refractivity contribution is 7.86. The van der Waals surface area contributed by atoms with Crippen LogP contribution in [0.1, 0.15) is 40.0 Å². The number of allylic oxidation sites excluding steroid dienone is 3. The quantitative estimate of drug-likeness (QED) is 0.326. The lowest BCUT2D eigenvalue weighted by molar-refractivity contribution is -0.154. The van der Waals surface area contributed by atoms with E-state index in [1.54, 1.807) is 45.1 Å². The van der Waals surface area contributed by atoms with Crippen molar-refractivity contribution in [3.05, 3.63) is 24.3 Å². The fraction of sp³-hybridized carbons (Fsp3) is 0.652. The number of hydroxylamine groups is 2. The maximum absolute atomic E-state index is 13.0. The molecule has 3 rings (SSSR count). The van der Waals surface area contributed by atoms with Crippen LogP contribution in [0.15, 0.2) is 24.3 Å². The third kappa shape index (κ3) is 5.41. The van der Waals surface area contributed by atoms with Crippen LogP contribution in [0.25, 0.3) is 0 Å². The van der Waals surface area contributed by atoms with Gasteiger partial charge < -0.3 is 19.7 Å². The first kappa shape index (κ1) is 27.7. The van der Waals surface area contributed by atoms with Gasteiger partial charge in [0.15, 0.2) is 6.73 Å². The highest BCUT2D eigenvalue weighted by Gasteiger charge is 2.51. The van der Waals surface area contributed by atoms with Gasteiger partial charge in [-0.15, -0.1) is 4.28 Å². The third-order valence-corrected chi connectivity index (χ3v) is 8.33. The lowest BCUT2D eigenvalue weighted by atomic mass is 9.66. The molecule has 2 heterocycles. The summed E-state index contributed by atoms with van der Waals surface area (Å²) in [5.74, 6) is -3.12. The maximum atomic E-state index is 13.0. The number of methoxy groups -OCH3 is 1. The molecule has 1 N–H and O–H groups in total. The van der Waals surface area contributed by atoms with Gasteiger partial charge in [-0.05, 0) is 24.7 Å². The van der Waals surface area contributed by atoms with Gasteiger partial charge in [0.2, 0.25) is 5.91 Å². The Hall–Kier alpha value is -2.93. The monoisotopic (exact) mass is 527 g/mol. The number of carbonyl (C=O) groups is 4. The van der Waals surface area contributed by atoms with Gasteiger partial charge in [-0.2, -0.15) is 13.5 Å². The molecule has 1 aliphatic carbocycles. The van der Waals surface area contributed by atoms with Crippen LogP contribution in [0.2, 0.25) is 0 Å². The second kappa shape index (κ2) is 11.0. The summed E-state index contributed by atoms with van der Waals surface area (Å²) in [6.45, 7) is 4.85. The number of carbonyl (C=O) groups excluding carboxylic acids is 4. The summed E-state index contributed by atoms with van der Waals surface area (Å²) in [6.07, 6.45) is 7.70. The van der Waals surface area contributed by atoms with Crippen molar-refractivity contribution >= 4 is 34.0 Å². The molecular weight excluding hydrogens is 494 g/mol. The van der Waals surface area contributed by atoms with E-state index in [2.05, 4.69) is 5.32 Å². The van der Waals surface area contributed by atoms with Crippen molar-refractivity contribution in [1.82, 2.24) is 15.3 Å². The Labute approximate surface area is 210 Å². The molecule has 3 aliphatic rings. The molecule has 0 spiro atoms. The van der Waals surface area contributed by atoms with Gasteiger partial charge >= 0.3 is 18.0 Å². The van der Waals surface area contributed by atoms with E-state index in [1.165, 1.54) is 12.0 Å². The van der Waals surface area contributed by atoms with Crippen LogP contribution in [0.4, 0.5) is 4.79 Å². The number of urea groups is 1. The lowest BCUT2D eigenvalue weighted by Gasteiger charge is -2.39. The van der Waals surface area contributed by atoms with Crippen LogP contribution in [0.3, 0.4) is 0 Å². The molecule has 2 bridgehead atoms. The summed E-state index contributed by atoms with van der Waals surface area (Å²) < 4.78 is 41.1. The first-order chi connectivity index (χ1) is 17.0. The van der Waals surface area contributed by atoms with Crippen LogP contribution in [-0.4, -0.2) is 80.5 Å². The Morgan fingerprint density at radius 2 is 1.97 bits per heavy atom. The zero-order valence-corrected chi connectivity index (χ0v) is 21.7. The molecule has 0 aromatic rings. The first-order valence-corrected chi connectivity index (χ1v) is 13.4. The van der Waals surface area contributed by atoms with Gasteiger partial charge in [-0.25, -0.2) is 4.79 Å². The average Bonchev–Trinajstić information content (AvgIpc) is 3.07. The predicted octanol–water partition coefficient (Wildman–Crippen LogP) is 1.10. The van der Waals surface area contributed by atoms with E-state index >= 15 is 0 Å². The Bertz CT molecular complexity index is 1060. The minimum Gasteiger partial charge on any atom is -0.468 e. The topological polar surface area (TPSA) is 149 Å². The predicted molar refractivity (Wildman–Crippen MR) is 126 cm³/mol. The normalized spacial score (nSPS) is 28.1. The van der Waals surface area contributed by atoms with Crippen molar-refractivity contribution in [2.45, 2.75) is 52.1 Å². The molecule has 13 heteroatoms. The molecule has 0 aromatic carbocycles. The molecule has 0 aromatic heterocycles. The Kier molecular flexibility index (Phi) is 8.44. The summed E-state index contributed by atoms with van der Waals surface area (Å²) in [4.78, 5) is 50.7. The number of amides is 3. The highest BCUT2D eigenvalue weighted by Crippen LogP contribution is 2.43. The zero-order valence-electron chi connectivity index (χ0n) is 20.8. The second-order valence-corrected chi connectivity index (χ2v) is 10.8. The van der Waals surface area contributed by atoms with Crippen LogP contribution in [-0.2, 0) is 38.3 Å². The highest BCUT2D eigenvalue weighted by atomic mass is 32.2. The summed E-state index contributed by atoms with van der Waals surface area (Å²) in [5, 5.41) is 3.26. The molecule has 3 unspecified atom stereocenters. The van der Waals surface area contributed by atoms with E-state index in [1.807, 2.05) is 0 Å². The molecule has 5 atom stereocenters. The molecule has 12 nitrogen and oxygen atoms in total. The van der Waals surface area contributed by atoms with E-state index < -0.39 is 63.2 Å². The van der Waals surface area contributed by atoms with Gasteiger partial charge in [0, 0.05) is 13.0 Å². The zero-order chi connectivity index (χ0) is 26.7. The number of ether oxygens (including phenoxy) is 2.